The summed E-state index contributed by atoms with van der Waals surface area (Å²) in [5.74, 6) is -0.813. The number of anilines is 2. The second-order valence-electron chi connectivity index (χ2n) is 9.68. The lowest BCUT2D eigenvalue weighted by Gasteiger charge is -2.24. The quantitative estimate of drug-likeness (QED) is 0.369. The number of morpholine rings is 1. The average Bonchev–Trinajstić information content (AvgIpc) is 3.68. The number of rotatable bonds is 9. The first-order valence-electron chi connectivity index (χ1n) is 12.9. The third-order valence-electron chi connectivity index (χ3n) is 6.80. The van der Waals surface area contributed by atoms with Crippen LogP contribution in [0.1, 0.15) is 42.9 Å². The maximum Gasteiger partial charge on any atom is 0.249 e. The summed E-state index contributed by atoms with van der Waals surface area (Å²) in [6, 6.07) is 10.6. The standard InChI is InChI=1S/C28H31FN6O3/c1-18(28(37)31-25-16-24(33-34-25)19-7-8-19)20-4-2-5-21(14-20)22-15-23(29)27(30-17-22)32-26(36)6-3-9-35-10-12-38-13-11-35/h2-6,14-19H,7-13H2,1H3,(H,30,32,36)(H2,31,33,34,37). The van der Waals surface area contributed by atoms with Gasteiger partial charge in [0.1, 0.15) is 0 Å². The van der Waals surface area contributed by atoms with E-state index in [4.69, 9.17) is 4.74 Å². The van der Waals surface area contributed by atoms with Crippen LogP contribution in [0.5, 0.6) is 0 Å². The number of hydrogen-bond donors (Lipinski definition) is 3. The molecule has 1 aliphatic heterocycles. The molecule has 3 N–H and O–H groups in total. The van der Waals surface area contributed by atoms with Gasteiger partial charge < -0.3 is 15.4 Å². The number of carbonyl (C=O) groups excluding carboxylic acids is 2. The highest BCUT2D eigenvalue weighted by Crippen LogP contribution is 2.39. The number of nitrogens with one attached hydrogen (secondary N) is 3. The van der Waals surface area contributed by atoms with E-state index >= 15 is 0 Å². The number of carbonyl (C=O) groups is 2. The maximum absolute atomic E-state index is 14.8. The minimum absolute atomic E-state index is 0.136. The average molecular weight is 519 g/mol. The molecule has 9 nitrogen and oxygen atoms in total. The summed E-state index contributed by atoms with van der Waals surface area (Å²) >= 11 is 0. The van der Waals surface area contributed by atoms with Gasteiger partial charge in [0.15, 0.2) is 17.5 Å². The topological polar surface area (TPSA) is 112 Å². The van der Waals surface area contributed by atoms with E-state index in [1.807, 2.05) is 37.3 Å². The first-order chi connectivity index (χ1) is 18.5. The van der Waals surface area contributed by atoms with Crippen LogP contribution < -0.4 is 10.6 Å². The van der Waals surface area contributed by atoms with Crippen molar-refractivity contribution in [3.05, 3.63) is 71.8 Å². The lowest BCUT2D eigenvalue weighted by atomic mass is 9.96. The van der Waals surface area contributed by atoms with Gasteiger partial charge in [-0.1, -0.05) is 30.3 Å². The Hall–Kier alpha value is -3.89. The van der Waals surface area contributed by atoms with Crippen LogP contribution in [-0.2, 0) is 14.3 Å². The molecule has 1 saturated carbocycles. The molecule has 2 amide bonds. The van der Waals surface area contributed by atoms with Gasteiger partial charge in [0.05, 0.1) is 19.1 Å². The van der Waals surface area contributed by atoms with E-state index in [1.54, 1.807) is 6.08 Å². The summed E-state index contributed by atoms with van der Waals surface area (Å²) in [6.07, 6.45) is 6.93. The Balaban J connectivity index is 1.20. The zero-order chi connectivity index (χ0) is 26.5. The number of aromatic nitrogens is 3. The highest BCUT2D eigenvalue weighted by atomic mass is 19.1. The van der Waals surface area contributed by atoms with E-state index in [1.165, 1.54) is 18.3 Å². The molecule has 0 radical (unpaired) electrons. The van der Waals surface area contributed by atoms with Crippen LogP contribution in [0.15, 0.2) is 54.7 Å². The van der Waals surface area contributed by atoms with Gasteiger partial charge in [-0.2, -0.15) is 5.10 Å². The number of amides is 2. The van der Waals surface area contributed by atoms with Crippen molar-refractivity contribution in [3.63, 3.8) is 0 Å². The van der Waals surface area contributed by atoms with E-state index in [9.17, 15) is 14.0 Å². The molecule has 2 aromatic heterocycles. The number of aromatic amines is 1. The highest BCUT2D eigenvalue weighted by molar-refractivity contribution is 5.98. The summed E-state index contributed by atoms with van der Waals surface area (Å²) in [7, 11) is 0. The maximum atomic E-state index is 14.8. The zero-order valence-electron chi connectivity index (χ0n) is 21.2. The van der Waals surface area contributed by atoms with E-state index in [0.717, 1.165) is 37.2 Å². The van der Waals surface area contributed by atoms with Gasteiger partial charge in [-0.15, -0.1) is 0 Å². The van der Waals surface area contributed by atoms with Crippen LogP contribution in [0.25, 0.3) is 11.1 Å². The first-order valence-corrected chi connectivity index (χ1v) is 12.9. The minimum Gasteiger partial charge on any atom is -0.379 e. The van der Waals surface area contributed by atoms with Crippen LogP contribution in [0, 0.1) is 5.82 Å². The second kappa shape index (κ2) is 11.7. The van der Waals surface area contributed by atoms with Gasteiger partial charge in [-0.25, -0.2) is 9.37 Å². The predicted octanol–water partition coefficient (Wildman–Crippen LogP) is 4.06. The number of ether oxygens (including phenoxy) is 1. The van der Waals surface area contributed by atoms with Crippen LogP contribution in [0.3, 0.4) is 0 Å². The Labute approximate surface area is 220 Å². The van der Waals surface area contributed by atoms with Crippen molar-refractivity contribution in [2.24, 2.45) is 0 Å². The van der Waals surface area contributed by atoms with Crippen molar-refractivity contribution in [1.82, 2.24) is 20.1 Å². The molecule has 1 aromatic carbocycles. The first kappa shape index (κ1) is 25.7. The summed E-state index contributed by atoms with van der Waals surface area (Å²) < 4.78 is 20.1. The third kappa shape index (κ3) is 6.51. The van der Waals surface area contributed by atoms with Gasteiger partial charge in [0, 0.05) is 55.1 Å². The van der Waals surface area contributed by atoms with E-state index in [-0.39, 0.29) is 11.7 Å². The Bertz CT molecular complexity index is 1330. The Morgan fingerprint density at radius 3 is 2.76 bits per heavy atom. The Kier molecular flexibility index (Phi) is 7.90. The second-order valence-corrected chi connectivity index (χ2v) is 9.68. The number of H-pyrrole nitrogens is 1. The Morgan fingerprint density at radius 2 is 2.00 bits per heavy atom. The molecule has 3 heterocycles. The third-order valence-corrected chi connectivity index (χ3v) is 6.80. The predicted molar refractivity (Wildman–Crippen MR) is 142 cm³/mol. The normalized spacial score (nSPS) is 16.9. The molecule has 3 aromatic rings. The molecular weight excluding hydrogens is 487 g/mol. The molecule has 1 saturated heterocycles. The monoisotopic (exact) mass is 518 g/mol. The lowest BCUT2D eigenvalue weighted by Crippen LogP contribution is -2.36. The largest absolute Gasteiger partial charge is 0.379 e. The van der Waals surface area contributed by atoms with Crippen LogP contribution in [0.4, 0.5) is 16.0 Å². The number of benzene rings is 1. The number of halogens is 1. The molecule has 5 rings (SSSR count). The van der Waals surface area contributed by atoms with E-state index in [2.05, 4.69) is 30.7 Å². The van der Waals surface area contributed by atoms with Gasteiger partial charge in [-0.05, 0) is 37.0 Å². The van der Waals surface area contributed by atoms with Crippen molar-refractivity contribution in [2.45, 2.75) is 31.6 Å². The Morgan fingerprint density at radius 1 is 1.18 bits per heavy atom. The lowest BCUT2D eigenvalue weighted by molar-refractivity contribution is -0.117. The minimum atomic E-state index is -0.640. The fourth-order valence-electron chi connectivity index (χ4n) is 4.32. The van der Waals surface area contributed by atoms with Crippen LogP contribution in [-0.4, -0.2) is 64.7 Å². The van der Waals surface area contributed by atoms with Crippen LogP contribution >= 0.6 is 0 Å². The smallest absolute Gasteiger partial charge is 0.249 e. The number of hydrogen-bond acceptors (Lipinski definition) is 6. The summed E-state index contributed by atoms with van der Waals surface area (Å²) in [6.45, 7) is 5.44. The van der Waals surface area contributed by atoms with Crippen molar-refractivity contribution >= 4 is 23.5 Å². The number of nitrogens with zero attached hydrogens (tertiary/aromatic N) is 3. The molecule has 0 bridgehead atoms. The highest BCUT2D eigenvalue weighted by Gasteiger charge is 2.26. The molecule has 1 unspecified atom stereocenters. The van der Waals surface area contributed by atoms with Gasteiger partial charge >= 0.3 is 0 Å². The zero-order valence-corrected chi connectivity index (χ0v) is 21.2. The van der Waals surface area contributed by atoms with Crippen LogP contribution in [0.2, 0.25) is 0 Å². The van der Waals surface area contributed by atoms with Crippen molar-refractivity contribution in [3.8, 4) is 11.1 Å². The SMILES string of the molecule is CC(C(=O)Nc1cc(C2CC2)[nH]n1)c1cccc(-c2cnc(NC(=O)C=CCN3CCOCC3)c(F)c2)c1. The molecule has 0 spiro atoms. The molecule has 1 aliphatic carbocycles. The number of pyridine rings is 1. The van der Waals surface area contributed by atoms with Crippen molar-refractivity contribution in [2.75, 3.05) is 43.5 Å². The molecule has 2 fully saturated rings. The summed E-state index contributed by atoms with van der Waals surface area (Å²) in [5, 5.41) is 12.5. The fourth-order valence-corrected chi connectivity index (χ4v) is 4.32. The van der Waals surface area contributed by atoms with Crippen molar-refractivity contribution < 1.29 is 18.7 Å². The molecule has 10 heteroatoms. The molecular formula is C28H31FN6O3. The summed E-state index contributed by atoms with van der Waals surface area (Å²) in [4.78, 5) is 31.3. The van der Waals surface area contributed by atoms with Gasteiger partial charge in [-0.3, -0.25) is 19.6 Å². The summed E-state index contributed by atoms with van der Waals surface area (Å²) in [5.41, 5.74) is 3.08. The van der Waals surface area contributed by atoms with Gasteiger partial charge in [0.25, 0.3) is 0 Å². The fraction of sp³-hybridized carbons (Fsp3) is 0.357. The molecule has 198 valence electrons. The van der Waals surface area contributed by atoms with E-state index < -0.39 is 17.6 Å². The molecule has 2 aliphatic rings. The van der Waals surface area contributed by atoms with E-state index in [0.29, 0.717) is 42.6 Å². The van der Waals surface area contributed by atoms with Crippen molar-refractivity contribution in [1.29, 1.82) is 0 Å². The molecule has 38 heavy (non-hydrogen) atoms. The molecule has 1 atom stereocenters. The van der Waals surface area contributed by atoms with Gasteiger partial charge in [0.2, 0.25) is 11.8 Å².